The molecule has 0 aromatic heterocycles. The maximum Gasteiger partial charge on any atom is 1.00 e. The molecular formula is C34H44B2N4Na2O12. The number of likely N-dealkylation sites (tertiary alicyclic amines) is 2. The van der Waals surface area contributed by atoms with Crippen LogP contribution in [0.5, 0.6) is 23.0 Å². The maximum absolute atomic E-state index is 11.8. The van der Waals surface area contributed by atoms with Gasteiger partial charge in [0, 0.05) is 50.3 Å². The van der Waals surface area contributed by atoms with Gasteiger partial charge in [-0.2, -0.15) is 0 Å². The van der Waals surface area contributed by atoms with E-state index in [1.807, 2.05) is 0 Å². The first-order chi connectivity index (χ1) is 24.5. The molecule has 10 N–H and O–H groups in total. The van der Waals surface area contributed by atoms with E-state index in [9.17, 15) is 39.9 Å². The number of carbonyl (C=O) groups is 2. The van der Waals surface area contributed by atoms with Crippen LogP contribution in [0, 0.1) is 0 Å². The third-order valence-electron chi connectivity index (χ3n) is 12.2. The first-order valence-electron chi connectivity index (χ1n) is 18.2. The molecule has 6 fully saturated rings. The number of hydrogen-bond donors (Lipinski definition) is 8. The Labute approximate surface area is 356 Å². The van der Waals surface area contributed by atoms with E-state index in [2.05, 4.69) is 9.80 Å². The number of aromatic carboxylic acids is 2. The van der Waals surface area contributed by atoms with Crippen LogP contribution in [0.3, 0.4) is 0 Å². The Morgan fingerprint density at radius 2 is 1.04 bits per heavy atom. The maximum atomic E-state index is 11.8. The molecule has 2 aromatic rings. The smallest absolute Gasteiger partial charge is 0.669 e. The van der Waals surface area contributed by atoms with Crippen LogP contribution in [0.4, 0.5) is 0 Å². The minimum Gasteiger partial charge on any atom is -0.669 e. The molecule has 4 aliphatic carbocycles. The van der Waals surface area contributed by atoms with Gasteiger partial charge in [-0.05, 0) is 60.8 Å². The van der Waals surface area contributed by atoms with Gasteiger partial charge in [0.25, 0.3) is 0 Å². The molecule has 4 heterocycles. The predicted molar refractivity (Wildman–Crippen MR) is 185 cm³/mol. The Morgan fingerprint density at radius 3 is 1.35 bits per heavy atom. The predicted octanol–water partition coefficient (Wildman–Crippen LogP) is -5.77. The summed E-state index contributed by atoms with van der Waals surface area (Å²) in [5.41, 5.74) is 13.3. The average Bonchev–Trinajstić information content (AvgIpc) is 3.82. The van der Waals surface area contributed by atoms with Gasteiger partial charge in [-0.15, -0.1) is 0 Å². The molecule has 8 aliphatic rings. The van der Waals surface area contributed by atoms with E-state index in [-0.39, 0.29) is 140 Å². The van der Waals surface area contributed by atoms with Crippen molar-refractivity contribution in [3.05, 3.63) is 46.5 Å². The van der Waals surface area contributed by atoms with Crippen LogP contribution in [-0.4, -0.2) is 128 Å². The molecule has 4 saturated carbocycles. The molecule has 0 spiro atoms. The van der Waals surface area contributed by atoms with Gasteiger partial charge >= 0.3 is 84.6 Å². The van der Waals surface area contributed by atoms with Gasteiger partial charge in [-0.1, -0.05) is 36.6 Å². The van der Waals surface area contributed by atoms with E-state index in [4.69, 9.17) is 30.2 Å². The molecule has 20 heteroatoms. The summed E-state index contributed by atoms with van der Waals surface area (Å²) >= 11 is 0. The molecule has 4 atom stereocenters. The fourth-order valence-electron chi connectivity index (χ4n) is 8.57. The molecule has 2 saturated heterocycles. The summed E-state index contributed by atoms with van der Waals surface area (Å²) in [7, 11) is 0. The second kappa shape index (κ2) is 14.0. The Kier molecular flexibility index (Phi) is 10.6. The number of nitrogens with zero attached hydrogens (tertiary/aromatic N) is 2. The average molecular weight is 768 g/mol. The number of carboxylic acids is 2. The first kappa shape index (κ1) is 40.6. The van der Waals surface area contributed by atoms with E-state index in [0.29, 0.717) is 39.0 Å². The van der Waals surface area contributed by atoms with Crippen molar-refractivity contribution in [1.29, 1.82) is 0 Å². The Morgan fingerprint density at radius 1 is 0.685 bits per heavy atom. The topological polar surface area (TPSA) is 251 Å². The van der Waals surface area contributed by atoms with Crippen LogP contribution < -0.4 is 89.4 Å². The Hall–Kier alpha value is -1.61. The minimum absolute atomic E-state index is 0. The Bertz CT molecular complexity index is 1720. The minimum atomic E-state index is -3.02. The number of benzene rings is 2. The summed E-state index contributed by atoms with van der Waals surface area (Å²) in [5.74, 6) is -2.71. The van der Waals surface area contributed by atoms with Crippen LogP contribution in [0.15, 0.2) is 24.3 Å². The molecule has 0 radical (unpaired) electrons. The first-order valence-corrected chi connectivity index (χ1v) is 18.2. The van der Waals surface area contributed by atoms with E-state index < -0.39 is 25.4 Å². The molecule has 280 valence electrons. The fourth-order valence-corrected chi connectivity index (χ4v) is 8.57. The van der Waals surface area contributed by atoms with Gasteiger partial charge in [-0.3, -0.25) is 9.80 Å². The number of nitrogens with two attached hydrogens (primary N) is 2. The van der Waals surface area contributed by atoms with Crippen molar-refractivity contribution in [2.45, 2.75) is 85.3 Å². The van der Waals surface area contributed by atoms with Crippen LogP contribution in [0.2, 0.25) is 11.6 Å². The molecule has 0 bridgehead atoms. The third kappa shape index (κ3) is 7.69. The summed E-state index contributed by atoms with van der Waals surface area (Å²) in [6, 6.07) is 6.87. The van der Waals surface area contributed by atoms with Crippen molar-refractivity contribution in [1.82, 2.24) is 9.80 Å². The molecule has 54 heavy (non-hydrogen) atoms. The summed E-state index contributed by atoms with van der Waals surface area (Å²) in [6.45, 7) is -1.55. The normalized spacial score (nSPS) is 29.3. The van der Waals surface area contributed by atoms with Crippen molar-refractivity contribution in [3.8, 4) is 23.0 Å². The summed E-state index contributed by atoms with van der Waals surface area (Å²) in [4.78, 5) is 28.1. The fraction of sp³-hybridized carbons (Fsp3) is 0.588. The van der Waals surface area contributed by atoms with E-state index in [1.165, 1.54) is 0 Å². The zero-order valence-corrected chi connectivity index (χ0v) is 34.6. The number of fused-ring (bicyclic) bond motifs is 6. The van der Waals surface area contributed by atoms with Gasteiger partial charge < -0.3 is 60.6 Å². The number of rotatable bonds is 10. The molecular weight excluding hydrogens is 724 g/mol. The van der Waals surface area contributed by atoms with E-state index in [0.717, 1.165) is 49.9 Å². The number of ether oxygens (including phenoxy) is 2. The molecule has 0 unspecified atom stereocenters. The molecule has 16 nitrogen and oxygen atoms in total. The zero-order chi connectivity index (χ0) is 36.5. The van der Waals surface area contributed by atoms with Crippen molar-refractivity contribution in [2.75, 3.05) is 39.3 Å². The number of carboxylic acid groups (broad SMARTS) is 2. The largest absolute Gasteiger partial charge is 1.00 e. The molecule has 4 aliphatic heterocycles. The molecule has 10 rings (SSSR count). The van der Waals surface area contributed by atoms with Gasteiger partial charge in [0.15, 0.2) is 0 Å². The third-order valence-corrected chi connectivity index (χ3v) is 12.2. The zero-order valence-electron chi connectivity index (χ0n) is 30.6. The van der Waals surface area contributed by atoms with Crippen LogP contribution >= 0.6 is 0 Å². The van der Waals surface area contributed by atoms with Gasteiger partial charge in [0.1, 0.15) is 34.8 Å². The summed E-state index contributed by atoms with van der Waals surface area (Å²) in [5, 5.41) is 59.6. The second-order valence-electron chi connectivity index (χ2n) is 16.7. The van der Waals surface area contributed by atoms with Crippen LogP contribution in [0.25, 0.3) is 0 Å². The van der Waals surface area contributed by atoms with E-state index in [1.54, 1.807) is 24.3 Å². The quantitative estimate of drug-likeness (QED) is 0.105. The van der Waals surface area contributed by atoms with Gasteiger partial charge in [-0.25, -0.2) is 9.59 Å². The van der Waals surface area contributed by atoms with E-state index >= 15 is 0 Å². The monoisotopic (exact) mass is 768 g/mol. The Balaban J connectivity index is 0.000000161. The summed E-state index contributed by atoms with van der Waals surface area (Å²) < 4.78 is 22.4. The van der Waals surface area contributed by atoms with Crippen molar-refractivity contribution < 1.29 is 118 Å². The number of hydrogen-bond acceptors (Lipinski definition) is 14. The molecule has 2 aromatic carbocycles. The van der Waals surface area contributed by atoms with Crippen LogP contribution in [-0.2, 0) is 0 Å². The second-order valence-corrected chi connectivity index (χ2v) is 16.7. The van der Waals surface area contributed by atoms with Crippen molar-refractivity contribution >= 4 is 25.4 Å². The van der Waals surface area contributed by atoms with Crippen molar-refractivity contribution in [3.63, 3.8) is 0 Å². The van der Waals surface area contributed by atoms with Crippen LogP contribution in [0.1, 0.15) is 82.2 Å². The SMILES string of the molecule is NC1(CN2CC(Oc3ccc4c(c3C(=O)O)O[B-](O)(O)[C@H]3C[C@@H]43)C2)CC1.NC1(CN2CC(Oc3ccc4c(c3C(=O)O)O[B-](O)(O)[C@H]3C[C@@H]43)C2)CC1.[Na+].[Na+]. The molecule has 0 amide bonds. The van der Waals surface area contributed by atoms with Gasteiger partial charge in [0.2, 0.25) is 0 Å². The van der Waals surface area contributed by atoms with Gasteiger partial charge in [0.05, 0.1) is 11.5 Å². The standard InChI is InChI=1S/2C17H22BN2O6.2Na/c2*19-17(3-4-17)8-20-6-9(7-20)25-13-2-1-10-11-5-12(11)18(23,24)26-15(10)14(13)16(21)22;;/h2*1-2,9,11-12,23-24H,3-8,19H2,(H,21,22);;/q2*-1;2*+1/t2*11-,12-;;/m00../s1. The van der Waals surface area contributed by atoms with Crippen molar-refractivity contribution in [2.24, 2.45) is 11.5 Å². The summed E-state index contributed by atoms with van der Waals surface area (Å²) in [6.07, 6.45) is 5.18.